The third kappa shape index (κ3) is 4.49. The number of alkyl halides is 3. The molecule has 0 saturated heterocycles. The summed E-state index contributed by atoms with van der Waals surface area (Å²) in [5.74, 6) is 0.626. The maximum absolute atomic E-state index is 12.4. The number of hydrogen-bond acceptors (Lipinski definition) is 2. The maximum atomic E-state index is 12.4. The standard InChI is InChI=1S/C16H15F3O2/c17-16(18,19)14-6-4-13(5-7-14)11-21-15-3-1-2-12(10-15)8-9-20/h1-7,10,20H,8-9,11H2. The number of aliphatic hydroxyl groups is 1. The molecular weight excluding hydrogens is 281 g/mol. The molecule has 0 saturated carbocycles. The molecule has 0 aliphatic heterocycles. The van der Waals surface area contributed by atoms with E-state index in [1.165, 1.54) is 12.1 Å². The van der Waals surface area contributed by atoms with E-state index in [2.05, 4.69) is 0 Å². The minimum absolute atomic E-state index is 0.0579. The van der Waals surface area contributed by atoms with Gasteiger partial charge in [-0.05, 0) is 41.8 Å². The Morgan fingerprint density at radius 3 is 2.29 bits per heavy atom. The first-order valence-corrected chi connectivity index (χ1v) is 6.48. The van der Waals surface area contributed by atoms with Crippen molar-refractivity contribution < 1.29 is 23.0 Å². The molecule has 0 amide bonds. The molecule has 0 heterocycles. The van der Waals surface area contributed by atoms with Gasteiger partial charge in [0.2, 0.25) is 0 Å². The van der Waals surface area contributed by atoms with Crippen molar-refractivity contribution >= 4 is 0 Å². The van der Waals surface area contributed by atoms with E-state index in [0.717, 1.165) is 17.7 Å². The van der Waals surface area contributed by atoms with Gasteiger partial charge in [-0.2, -0.15) is 13.2 Å². The highest BCUT2D eigenvalue weighted by Crippen LogP contribution is 2.29. The maximum Gasteiger partial charge on any atom is 0.416 e. The van der Waals surface area contributed by atoms with Crippen molar-refractivity contribution in [1.82, 2.24) is 0 Å². The Hall–Kier alpha value is -2.01. The zero-order valence-electron chi connectivity index (χ0n) is 11.2. The molecule has 0 fully saturated rings. The Bertz CT molecular complexity index is 577. The average Bonchev–Trinajstić information content (AvgIpc) is 2.45. The minimum Gasteiger partial charge on any atom is -0.489 e. The van der Waals surface area contributed by atoms with Gasteiger partial charge in [0.1, 0.15) is 12.4 Å². The number of hydrogen-bond donors (Lipinski definition) is 1. The number of ether oxygens (including phenoxy) is 1. The zero-order valence-corrected chi connectivity index (χ0v) is 11.2. The molecule has 2 rings (SSSR count). The molecule has 0 aliphatic rings. The molecule has 0 radical (unpaired) electrons. The molecule has 0 aromatic heterocycles. The van der Waals surface area contributed by atoms with E-state index in [1.807, 2.05) is 12.1 Å². The Morgan fingerprint density at radius 2 is 1.67 bits per heavy atom. The van der Waals surface area contributed by atoms with Crippen molar-refractivity contribution in [3.63, 3.8) is 0 Å². The van der Waals surface area contributed by atoms with Gasteiger partial charge < -0.3 is 9.84 Å². The Balaban J connectivity index is 1.98. The fourth-order valence-electron chi connectivity index (χ4n) is 1.88. The number of benzene rings is 2. The van der Waals surface area contributed by atoms with Crippen LogP contribution in [0.1, 0.15) is 16.7 Å². The SMILES string of the molecule is OCCc1cccc(OCc2ccc(C(F)(F)F)cc2)c1. The van der Waals surface area contributed by atoms with Crippen LogP contribution >= 0.6 is 0 Å². The Morgan fingerprint density at radius 1 is 0.952 bits per heavy atom. The van der Waals surface area contributed by atoms with Crippen LogP contribution in [-0.4, -0.2) is 11.7 Å². The summed E-state index contributed by atoms with van der Waals surface area (Å²) >= 11 is 0. The summed E-state index contributed by atoms with van der Waals surface area (Å²) in [5, 5.41) is 8.88. The molecule has 2 aromatic rings. The molecule has 2 nitrogen and oxygen atoms in total. The molecule has 21 heavy (non-hydrogen) atoms. The molecule has 0 aliphatic carbocycles. The van der Waals surface area contributed by atoms with Crippen LogP contribution in [0.4, 0.5) is 13.2 Å². The van der Waals surface area contributed by atoms with Gasteiger partial charge in [-0.25, -0.2) is 0 Å². The predicted octanol–water partition coefficient (Wildman–Crippen LogP) is 3.82. The lowest BCUT2D eigenvalue weighted by atomic mass is 10.1. The first-order chi connectivity index (χ1) is 9.99. The highest BCUT2D eigenvalue weighted by molar-refractivity contribution is 5.29. The summed E-state index contributed by atoms with van der Waals surface area (Å²) in [6.07, 6.45) is -3.78. The summed E-state index contributed by atoms with van der Waals surface area (Å²) in [7, 11) is 0. The molecular formula is C16H15F3O2. The fourth-order valence-corrected chi connectivity index (χ4v) is 1.88. The summed E-state index contributed by atoms with van der Waals surface area (Å²) < 4.78 is 42.8. The van der Waals surface area contributed by atoms with Crippen LogP contribution in [0.2, 0.25) is 0 Å². The van der Waals surface area contributed by atoms with E-state index in [9.17, 15) is 13.2 Å². The third-order valence-corrected chi connectivity index (χ3v) is 2.99. The van der Waals surface area contributed by atoms with E-state index in [1.54, 1.807) is 12.1 Å². The molecule has 112 valence electrons. The highest BCUT2D eigenvalue weighted by Gasteiger charge is 2.29. The van der Waals surface area contributed by atoms with Gasteiger partial charge in [0.05, 0.1) is 5.56 Å². The van der Waals surface area contributed by atoms with Crippen LogP contribution in [0.3, 0.4) is 0 Å². The van der Waals surface area contributed by atoms with E-state index < -0.39 is 11.7 Å². The summed E-state index contributed by atoms with van der Waals surface area (Å²) in [6, 6.07) is 12.2. The summed E-state index contributed by atoms with van der Waals surface area (Å²) in [6.45, 7) is 0.253. The monoisotopic (exact) mass is 296 g/mol. The first kappa shape index (κ1) is 15.4. The van der Waals surface area contributed by atoms with Crippen LogP contribution in [0, 0.1) is 0 Å². The lowest BCUT2D eigenvalue weighted by Gasteiger charge is -2.10. The molecule has 1 N–H and O–H groups in total. The van der Waals surface area contributed by atoms with Crippen molar-refractivity contribution in [2.45, 2.75) is 19.2 Å². The second-order valence-electron chi connectivity index (χ2n) is 4.60. The van der Waals surface area contributed by atoms with Crippen molar-refractivity contribution in [1.29, 1.82) is 0 Å². The smallest absolute Gasteiger partial charge is 0.416 e. The average molecular weight is 296 g/mol. The van der Waals surface area contributed by atoms with Crippen molar-refractivity contribution in [2.75, 3.05) is 6.61 Å². The Labute approximate surface area is 120 Å². The number of halogens is 3. The van der Waals surface area contributed by atoms with Crippen LogP contribution in [0.25, 0.3) is 0 Å². The Kier molecular flexibility index (Phi) is 4.85. The van der Waals surface area contributed by atoms with Crippen LogP contribution in [-0.2, 0) is 19.2 Å². The highest BCUT2D eigenvalue weighted by atomic mass is 19.4. The normalized spacial score (nSPS) is 11.4. The van der Waals surface area contributed by atoms with E-state index in [-0.39, 0.29) is 13.2 Å². The second-order valence-corrected chi connectivity index (χ2v) is 4.60. The van der Waals surface area contributed by atoms with E-state index in [0.29, 0.717) is 17.7 Å². The topological polar surface area (TPSA) is 29.5 Å². The van der Waals surface area contributed by atoms with Crippen molar-refractivity contribution in [3.8, 4) is 5.75 Å². The fraction of sp³-hybridized carbons (Fsp3) is 0.250. The quantitative estimate of drug-likeness (QED) is 0.909. The number of aliphatic hydroxyl groups excluding tert-OH is 1. The lowest BCUT2D eigenvalue weighted by molar-refractivity contribution is -0.137. The molecule has 0 spiro atoms. The van der Waals surface area contributed by atoms with Gasteiger partial charge in [-0.15, -0.1) is 0 Å². The van der Waals surface area contributed by atoms with Crippen LogP contribution in [0.5, 0.6) is 5.75 Å². The van der Waals surface area contributed by atoms with Gasteiger partial charge in [0, 0.05) is 6.61 Å². The molecule has 2 aromatic carbocycles. The van der Waals surface area contributed by atoms with Crippen molar-refractivity contribution in [2.24, 2.45) is 0 Å². The second kappa shape index (κ2) is 6.63. The summed E-state index contributed by atoms with van der Waals surface area (Å²) in [4.78, 5) is 0. The van der Waals surface area contributed by atoms with Gasteiger partial charge in [0.15, 0.2) is 0 Å². The van der Waals surface area contributed by atoms with Crippen LogP contribution in [0.15, 0.2) is 48.5 Å². The molecule has 5 heteroatoms. The number of rotatable bonds is 5. The zero-order chi connectivity index (χ0) is 15.3. The van der Waals surface area contributed by atoms with Gasteiger partial charge in [-0.1, -0.05) is 24.3 Å². The van der Waals surface area contributed by atoms with Gasteiger partial charge >= 0.3 is 6.18 Å². The largest absolute Gasteiger partial charge is 0.489 e. The van der Waals surface area contributed by atoms with E-state index >= 15 is 0 Å². The van der Waals surface area contributed by atoms with Crippen LogP contribution < -0.4 is 4.74 Å². The minimum atomic E-state index is -4.32. The van der Waals surface area contributed by atoms with E-state index in [4.69, 9.17) is 9.84 Å². The van der Waals surface area contributed by atoms with Gasteiger partial charge in [0.25, 0.3) is 0 Å². The molecule has 0 bridgehead atoms. The van der Waals surface area contributed by atoms with Gasteiger partial charge in [-0.3, -0.25) is 0 Å². The first-order valence-electron chi connectivity index (χ1n) is 6.48. The summed E-state index contributed by atoms with van der Waals surface area (Å²) in [5.41, 5.74) is 0.939. The third-order valence-electron chi connectivity index (χ3n) is 2.99. The molecule has 0 atom stereocenters. The predicted molar refractivity (Wildman–Crippen MR) is 73.0 cm³/mol. The molecule has 0 unspecified atom stereocenters. The van der Waals surface area contributed by atoms with Crippen molar-refractivity contribution in [3.05, 3.63) is 65.2 Å². The lowest BCUT2D eigenvalue weighted by Crippen LogP contribution is -2.05.